The maximum Gasteiger partial charge on any atom is 0.254 e. The highest BCUT2D eigenvalue weighted by atomic mass is 35.5. The number of hydrogen-bond donors (Lipinski definition) is 1. The van der Waals surface area contributed by atoms with Gasteiger partial charge < -0.3 is 10.1 Å². The monoisotopic (exact) mass is 347 g/mol. The second kappa shape index (κ2) is 7.32. The Morgan fingerprint density at radius 3 is 2.52 bits per heavy atom. The number of ether oxygens (including phenoxy) is 1. The lowest BCUT2D eigenvalue weighted by Crippen LogP contribution is -2.29. The van der Waals surface area contributed by atoms with Gasteiger partial charge in [0.1, 0.15) is 18.2 Å². The summed E-state index contributed by atoms with van der Waals surface area (Å²) in [6, 6.07) is 5.01. The van der Waals surface area contributed by atoms with Gasteiger partial charge in [-0.05, 0) is 30.3 Å². The highest BCUT2D eigenvalue weighted by Crippen LogP contribution is 2.24. The zero-order valence-corrected chi connectivity index (χ0v) is 12.3. The van der Waals surface area contributed by atoms with Crippen LogP contribution < -0.4 is 10.1 Å². The van der Waals surface area contributed by atoms with E-state index >= 15 is 0 Å². The fraction of sp³-hybridized carbons (Fsp3) is 0.133. The molecular formula is C15H10ClF4NO2. The smallest absolute Gasteiger partial charge is 0.254 e. The van der Waals surface area contributed by atoms with Gasteiger partial charge in [-0.1, -0.05) is 11.6 Å². The summed E-state index contributed by atoms with van der Waals surface area (Å²) in [5, 5.41) is 2.34. The largest absolute Gasteiger partial charge is 0.490 e. The van der Waals surface area contributed by atoms with E-state index in [2.05, 4.69) is 5.32 Å². The van der Waals surface area contributed by atoms with Crippen molar-refractivity contribution in [1.29, 1.82) is 0 Å². The lowest BCUT2D eigenvalue weighted by Gasteiger charge is -2.09. The summed E-state index contributed by atoms with van der Waals surface area (Å²) in [5.74, 6) is -5.90. The van der Waals surface area contributed by atoms with Crippen LogP contribution in [0.3, 0.4) is 0 Å². The Bertz CT molecular complexity index is 740. The third kappa shape index (κ3) is 4.13. The fourth-order valence-electron chi connectivity index (χ4n) is 1.71. The third-order valence-corrected chi connectivity index (χ3v) is 3.11. The van der Waals surface area contributed by atoms with Gasteiger partial charge in [0, 0.05) is 0 Å². The van der Waals surface area contributed by atoms with E-state index in [0.717, 1.165) is 18.2 Å². The van der Waals surface area contributed by atoms with Crippen LogP contribution in [0.4, 0.5) is 17.6 Å². The van der Waals surface area contributed by atoms with Crippen LogP contribution in [0.2, 0.25) is 5.02 Å². The van der Waals surface area contributed by atoms with Crippen molar-refractivity contribution in [2.75, 3.05) is 13.2 Å². The molecule has 23 heavy (non-hydrogen) atoms. The summed E-state index contributed by atoms with van der Waals surface area (Å²) in [5.41, 5.74) is -0.622. The Kier molecular flexibility index (Phi) is 5.44. The molecule has 0 aliphatic carbocycles. The van der Waals surface area contributed by atoms with Crippen molar-refractivity contribution in [1.82, 2.24) is 5.32 Å². The minimum atomic E-state index is -1.72. The van der Waals surface area contributed by atoms with Crippen molar-refractivity contribution in [2.45, 2.75) is 0 Å². The minimum Gasteiger partial charge on any atom is -0.490 e. The molecular weight excluding hydrogens is 338 g/mol. The van der Waals surface area contributed by atoms with Crippen LogP contribution in [-0.2, 0) is 0 Å². The Balaban J connectivity index is 1.89. The van der Waals surface area contributed by atoms with Crippen molar-refractivity contribution in [3.05, 3.63) is 64.2 Å². The topological polar surface area (TPSA) is 38.3 Å². The third-order valence-electron chi connectivity index (χ3n) is 2.82. The summed E-state index contributed by atoms with van der Waals surface area (Å²) >= 11 is 5.74. The van der Waals surface area contributed by atoms with Crippen LogP contribution in [0, 0.1) is 23.3 Å². The molecule has 0 heterocycles. The molecule has 0 aromatic heterocycles. The van der Waals surface area contributed by atoms with Gasteiger partial charge in [0.25, 0.3) is 5.91 Å². The predicted octanol–water partition coefficient (Wildman–Crippen LogP) is 3.71. The van der Waals surface area contributed by atoms with Gasteiger partial charge in [-0.2, -0.15) is 0 Å². The van der Waals surface area contributed by atoms with Crippen LogP contribution in [0.5, 0.6) is 5.75 Å². The Morgan fingerprint density at radius 2 is 1.83 bits per heavy atom. The van der Waals surface area contributed by atoms with E-state index in [-0.39, 0.29) is 23.9 Å². The van der Waals surface area contributed by atoms with Gasteiger partial charge in [0.05, 0.1) is 17.1 Å². The molecule has 0 fully saturated rings. The maximum absolute atomic E-state index is 13.4. The number of nitrogens with one attached hydrogen (secondary N) is 1. The number of carbonyl (C=O) groups excluding carboxylic acids is 1. The first-order chi connectivity index (χ1) is 10.9. The number of halogens is 5. The normalized spacial score (nSPS) is 10.5. The van der Waals surface area contributed by atoms with Crippen molar-refractivity contribution >= 4 is 17.5 Å². The van der Waals surface area contributed by atoms with E-state index in [1.165, 1.54) is 6.07 Å². The minimum absolute atomic E-state index is 0.0393. The number of carbonyl (C=O) groups is 1. The standard InChI is InChI=1S/C15H10ClF4NO2/c16-10-7-8(17)1-4-12(10)23-6-5-21-15(22)9-2-3-11(18)14(20)13(9)19/h1-4,7H,5-6H2,(H,21,22). The summed E-state index contributed by atoms with van der Waals surface area (Å²) in [7, 11) is 0. The first-order valence-electron chi connectivity index (χ1n) is 6.39. The molecule has 3 nitrogen and oxygen atoms in total. The molecule has 8 heteroatoms. The highest BCUT2D eigenvalue weighted by Gasteiger charge is 2.18. The molecule has 2 aromatic carbocycles. The summed E-state index contributed by atoms with van der Waals surface area (Å²) in [4.78, 5) is 11.7. The first kappa shape index (κ1) is 17.1. The Labute approximate surface area is 133 Å². The molecule has 0 aliphatic rings. The molecule has 0 unspecified atom stereocenters. The summed E-state index contributed by atoms with van der Waals surface area (Å²) in [6.07, 6.45) is 0. The van der Waals surface area contributed by atoms with Gasteiger partial charge in [0.2, 0.25) is 0 Å². The summed E-state index contributed by atoms with van der Waals surface area (Å²) < 4.78 is 57.3. The van der Waals surface area contributed by atoms with Gasteiger partial charge in [-0.3, -0.25) is 4.79 Å². The van der Waals surface area contributed by atoms with Crippen LogP contribution in [0.15, 0.2) is 30.3 Å². The number of amides is 1. The molecule has 1 amide bonds. The average molecular weight is 348 g/mol. The van der Waals surface area contributed by atoms with Gasteiger partial charge >= 0.3 is 0 Å². The van der Waals surface area contributed by atoms with Gasteiger partial charge in [-0.15, -0.1) is 0 Å². The lowest BCUT2D eigenvalue weighted by molar-refractivity contribution is 0.0941. The zero-order chi connectivity index (χ0) is 17.0. The van der Waals surface area contributed by atoms with Crippen LogP contribution in [0.25, 0.3) is 0 Å². The summed E-state index contributed by atoms with van der Waals surface area (Å²) in [6.45, 7) is -0.0899. The molecule has 0 bridgehead atoms. The molecule has 0 saturated carbocycles. The Morgan fingerprint density at radius 1 is 1.09 bits per heavy atom. The number of rotatable bonds is 5. The van der Waals surface area contributed by atoms with Crippen LogP contribution in [0.1, 0.15) is 10.4 Å². The molecule has 0 radical (unpaired) electrons. The molecule has 2 rings (SSSR count). The molecule has 122 valence electrons. The van der Waals surface area contributed by atoms with E-state index in [9.17, 15) is 22.4 Å². The molecule has 0 saturated heterocycles. The van der Waals surface area contributed by atoms with Crippen molar-refractivity contribution in [3.63, 3.8) is 0 Å². The molecule has 2 aromatic rings. The van der Waals surface area contributed by atoms with Crippen molar-refractivity contribution in [2.24, 2.45) is 0 Å². The predicted molar refractivity (Wildman–Crippen MR) is 75.6 cm³/mol. The van der Waals surface area contributed by atoms with E-state index in [1.807, 2.05) is 0 Å². The van der Waals surface area contributed by atoms with Gasteiger partial charge in [0.15, 0.2) is 17.5 Å². The van der Waals surface area contributed by atoms with Gasteiger partial charge in [-0.25, -0.2) is 17.6 Å². The molecule has 0 spiro atoms. The SMILES string of the molecule is O=C(NCCOc1ccc(F)cc1Cl)c1ccc(F)c(F)c1F. The van der Waals surface area contributed by atoms with E-state index < -0.39 is 34.7 Å². The second-order valence-electron chi connectivity index (χ2n) is 4.40. The fourth-order valence-corrected chi connectivity index (χ4v) is 1.94. The Hall–Kier alpha value is -2.28. The number of benzene rings is 2. The van der Waals surface area contributed by atoms with E-state index in [0.29, 0.717) is 6.07 Å². The first-order valence-corrected chi connectivity index (χ1v) is 6.77. The van der Waals surface area contributed by atoms with Crippen molar-refractivity contribution in [3.8, 4) is 5.75 Å². The molecule has 0 aliphatic heterocycles. The van der Waals surface area contributed by atoms with E-state index in [4.69, 9.17) is 16.3 Å². The second-order valence-corrected chi connectivity index (χ2v) is 4.81. The molecule has 1 N–H and O–H groups in total. The van der Waals surface area contributed by atoms with Crippen LogP contribution in [-0.4, -0.2) is 19.1 Å². The van der Waals surface area contributed by atoms with Crippen LogP contribution >= 0.6 is 11.6 Å². The van der Waals surface area contributed by atoms with E-state index in [1.54, 1.807) is 0 Å². The average Bonchev–Trinajstić information content (AvgIpc) is 2.51. The maximum atomic E-state index is 13.4. The number of hydrogen-bond acceptors (Lipinski definition) is 2. The molecule has 0 atom stereocenters. The zero-order valence-electron chi connectivity index (χ0n) is 11.5. The highest BCUT2D eigenvalue weighted by molar-refractivity contribution is 6.32. The lowest BCUT2D eigenvalue weighted by atomic mass is 10.2. The van der Waals surface area contributed by atoms with Crippen molar-refractivity contribution < 1.29 is 27.1 Å². The quantitative estimate of drug-likeness (QED) is 0.509.